The van der Waals surface area contributed by atoms with Gasteiger partial charge in [-0.1, -0.05) is 35.9 Å². The van der Waals surface area contributed by atoms with E-state index in [1.807, 2.05) is 0 Å². The molecule has 0 heterocycles. The summed E-state index contributed by atoms with van der Waals surface area (Å²) in [4.78, 5) is 23.9. The minimum absolute atomic E-state index is 0.0804. The normalized spacial score (nSPS) is 11.2. The Bertz CT molecular complexity index is 912. The fraction of sp³-hybridized carbons (Fsp3) is 0.176. The maximum absolute atomic E-state index is 12.0. The minimum Gasteiger partial charge on any atom is -0.344 e. The monoisotopic (exact) mass is 395 g/mol. The Morgan fingerprint density at radius 3 is 2.19 bits per heavy atom. The molecular formula is C17H18ClN3O4S. The van der Waals surface area contributed by atoms with Crippen molar-refractivity contribution in [3.05, 3.63) is 59.1 Å². The van der Waals surface area contributed by atoms with E-state index in [-0.39, 0.29) is 11.4 Å². The van der Waals surface area contributed by atoms with Crippen LogP contribution in [0.1, 0.15) is 5.56 Å². The Labute approximate surface area is 157 Å². The first kappa shape index (κ1) is 19.9. The van der Waals surface area contributed by atoms with Gasteiger partial charge in [-0.15, -0.1) is 0 Å². The Morgan fingerprint density at radius 2 is 1.62 bits per heavy atom. The van der Waals surface area contributed by atoms with Crippen molar-refractivity contribution in [2.75, 3.05) is 19.4 Å². The van der Waals surface area contributed by atoms with Crippen LogP contribution < -0.4 is 10.6 Å². The smallest absolute Gasteiger partial charge is 0.313 e. The van der Waals surface area contributed by atoms with Gasteiger partial charge >= 0.3 is 11.8 Å². The molecule has 0 aromatic heterocycles. The lowest BCUT2D eigenvalue weighted by Gasteiger charge is -2.12. The molecule has 0 atom stereocenters. The van der Waals surface area contributed by atoms with Crippen LogP contribution in [-0.4, -0.2) is 38.6 Å². The van der Waals surface area contributed by atoms with Crippen molar-refractivity contribution in [1.29, 1.82) is 0 Å². The van der Waals surface area contributed by atoms with Gasteiger partial charge < -0.3 is 10.6 Å². The van der Waals surface area contributed by atoms with Crippen molar-refractivity contribution in [2.24, 2.45) is 0 Å². The van der Waals surface area contributed by atoms with Crippen molar-refractivity contribution >= 4 is 39.1 Å². The highest BCUT2D eigenvalue weighted by atomic mass is 35.5. The van der Waals surface area contributed by atoms with Gasteiger partial charge in [0.2, 0.25) is 10.0 Å². The van der Waals surface area contributed by atoms with Crippen LogP contribution >= 0.6 is 11.6 Å². The van der Waals surface area contributed by atoms with E-state index in [2.05, 4.69) is 10.6 Å². The van der Waals surface area contributed by atoms with E-state index in [0.29, 0.717) is 16.3 Å². The molecule has 2 aromatic rings. The van der Waals surface area contributed by atoms with E-state index < -0.39 is 21.8 Å². The molecule has 0 bridgehead atoms. The molecule has 7 nitrogen and oxygen atoms in total. The quantitative estimate of drug-likeness (QED) is 0.755. The van der Waals surface area contributed by atoms with Crippen LogP contribution in [0.3, 0.4) is 0 Å². The Kier molecular flexibility index (Phi) is 6.36. The van der Waals surface area contributed by atoms with Gasteiger partial charge in [-0.05, 0) is 29.8 Å². The lowest BCUT2D eigenvalue weighted by molar-refractivity contribution is -0.136. The number of anilines is 1. The van der Waals surface area contributed by atoms with E-state index in [9.17, 15) is 18.0 Å². The third-order valence-corrected chi connectivity index (χ3v) is 5.64. The van der Waals surface area contributed by atoms with Crippen molar-refractivity contribution in [2.45, 2.75) is 11.4 Å². The average Bonchev–Trinajstić information content (AvgIpc) is 2.61. The van der Waals surface area contributed by atoms with Crippen molar-refractivity contribution in [3.63, 3.8) is 0 Å². The third-order valence-electron chi connectivity index (χ3n) is 3.48. The summed E-state index contributed by atoms with van der Waals surface area (Å²) >= 11 is 5.92. The highest BCUT2D eigenvalue weighted by Crippen LogP contribution is 2.20. The fourth-order valence-corrected chi connectivity index (χ4v) is 3.08. The molecular weight excluding hydrogens is 378 g/mol. The predicted molar refractivity (Wildman–Crippen MR) is 99.2 cm³/mol. The molecule has 0 fully saturated rings. The van der Waals surface area contributed by atoms with Gasteiger partial charge in [-0.3, -0.25) is 9.59 Å². The first-order valence-electron chi connectivity index (χ1n) is 7.57. The number of amides is 2. The zero-order valence-electron chi connectivity index (χ0n) is 14.2. The molecule has 0 spiro atoms. The van der Waals surface area contributed by atoms with Crippen molar-refractivity contribution in [1.82, 2.24) is 9.62 Å². The summed E-state index contributed by atoms with van der Waals surface area (Å²) in [6.45, 7) is 0.0804. The lowest BCUT2D eigenvalue weighted by Crippen LogP contribution is -2.35. The molecule has 26 heavy (non-hydrogen) atoms. The number of nitrogens with zero attached hydrogens (tertiary/aromatic N) is 1. The molecule has 9 heteroatoms. The second-order valence-corrected chi connectivity index (χ2v) is 8.11. The molecule has 2 N–H and O–H groups in total. The van der Waals surface area contributed by atoms with Crippen LogP contribution in [0.25, 0.3) is 0 Å². The van der Waals surface area contributed by atoms with E-state index in [4.69, 9.17) is 11.6 Å². The lowest BCUT2D eigenvalue weighted by atomic mass is 10.2. The SMILES string of the molecule is CN(C)S(=O)(=O)c1ccc(CNC(=O)C(=O)Nc2ccccc2Cl)cc1. The van der Waals surface area contributed by atoms with E-state index in [1.54, 1.807) is 36.4 Å². The van der Waals surface area contributed by atoms with Crippen LogP contribution in [0.2, 0.25) is 5.02 Å². The second kappa shape index (κ2) is 8.31. The number of halogens is 1. The second-order valence-electron chi connectivity index (χ2n) is 5.55. The third kappa shape index (κ3) is 4.81. The summed E-state index contributed by atoms with van der Waals surface area (Å²) in [5.74, 6) is -1.67. The molecule has 0 aliphatic heterocycles. The molecule has 0 aliphatic rings. The molecule has 0 radical (unpaired) electrons. The number of hydrogen-bond donors (Lipinski definition) is 2. The summed E-state index contributed by atoms with van der Waals surface area (Å²) in [6.07, 6.45) is 0. The molecule has 0 saturated heterocycles. The number of nitrogens with one attached hydrogen (secondary N) is 2. The summed E-state index contributed by atoms with van der Waals surface area (Å²) < 4.78 is 25.1. The van der Waals surface area contributed by atoms with E-state index >= 15 is 0 Å². The minimum atomic E-state index is -3.51. The number of para-hydroxylation sites is 1. The Hall–Kier alpha value is -2.42. The molecule has 0 aliphatic carbocycles. The Morgan fingerprint density at radius 1 is 1.00 bits per heavy atom. The van der Waals surface area contributed by atoms with Gasteiger partial charge in [-0.25, -0.2) is 12.7 Å². The highest BCUT2D eigenvalue weighted by molar-refractivity contribution is 7.89. The summed E-state index contributed by atoms with van der Waals surface area (Å²) in [7, 11) is -0.617. The van der Waals surface area contributed by atoms with Gasteiger partial charge in [0.15, 0.2) is 0 Å². The summed E-state index contributed by atoms with van der Waals surface area (Å²) in [5.41, 5.74) is 0.995. The molecule has 2 rings (SSSR count). The van der Waals surface area contributed by atoms with Gasteiger partial charge in [0.05, 0.1) is 15.6 Å². The van der Waals surface area contributed by atoms with Crippen molar-refractivity contribution < 1.29 is 18.0 Å². The number of carbonyl (C=O) groups excluding carboxylic acids is 2. The van der Waals surface area contributed by atoms with Gasteiger partial charge in [0.1, 0.15) is 0 Å². The van der Waals surface area contributed by atoms with E-state index in [1.165, 1.54) is 26.2 Å². The first-order valence-corrected chi connectivity index (χ1v) is 9.39. The zero-order valence-corrected chi connectivity index (χ0v) is 15.8. The molecule has 138 valence electrons. The number of benzene rings is 2. The molecule has 0 unspecified atom stereocenters. The number of carbonyl (C=O) groups is 2. The van der Waals surface area contributed by atoms with Crippen LogP contribution in [0, 0.1) is 0 Å². The maximum Gasteiger partial charge on any atom is 0.313 e. The van der Waals surface area contributed by atoms with E-state index in [0.717, 1.165) is 4.31 Å². The zero-order chi connectivity index (χ0) is 19.3. The first-order chi connectivity index (χ1) is 12.2. The summed E-state index contributed by atoms with van der Waals surface area (Å²) in [6, 6.07) is 12.6. The van der Waals surface area contributed by atoms with Crippen LogP contribution in [0.4, 0.5) is 5.69 Å². The molecule has 2 amide bonds. The molecule has 0 saturated carbocycles. The maximum atomic E-state index is 12.0. The van der Waals surface area contributed by atoms with Crippen LogP contribution in [0.5, 0.6) is 0 Å². The number of rotatable bonds is 5. The number of hydrogen-bond acceptors (Lipinski definition) is 4. The van der Waals surface area contributed by atoms with Gasteiger partial charge in [-0.2, -0.15) is 0 Å². The fourth-order valence-electron chi connectivity index (χ4n) is 1.99. The van der Waals surface area contributed by atoms with Crippen LogP contribution in [0.15, 0.2) is 53.4 Å². The van der Waals surface area contributed by atoms with Gasteiger partial charge in [0, 0.05) is 20.6 Å². The number of sulfonamides is 1. The van der Waals surface area contributed by atoms with Crippen LogP contribution in [-0.2, 0) is 26.2 Å². The highest BCUT2D eigenvalue weighted by Gasteiger charge is 2.17. The average molecular weight is 396 g/mol. The standard InChI is InChI=1S/C17H18ClN3O4S/c1-21(2)26(24,25)13-9-7-12(8-10-13)11-19-16(22)17(23)20-15-6-4-3-5-14(15)18/h3-10H,11H2,1-2H3,(H,19,22)(H,20,23). The molecule has 2 aromatic carbocycles. The largest absolute Gasteiger partial charge is 0.344 e. The summed E-state index contributed by atoms with van der Waals surface area (Å²) in [5, 5.41) is 5.21. The Balaban J connectivity index is 1.95. The predicted octanol–water partition coefficient (Wildman–Crippen LogP) is 1.85. The van der Waals surface area contributed by atoms with Crippen molar-refractivity contribution in [3.8, 4) is 0 Å². The van der Waals surface area contributed by atoms with Gasteiger partial charge in [0.25, 0.3) is 0 Å². The topological polar surface area (TPSA) is 95.6 Å².